The predicted octanol–water partition coefficient (Wildman–Crippen LogP) is 2.58. The van der Waals surface area contributed by atoms with Crippen molar-refractivity contribution in [3.8, 4) is 0 Å². The largest absolute Gasteiger partial charge is 0.361 e. The van der Waals surface area contributed by atoms with Crippen LogP contribution >= 0.6 is 11.6 Å². The summed E-state index contributed by atoms with van der Waals surface area (Å²) in [5, 5.41) is 5.21. The third-order valence-electron chi connectivity index (χ3n) is 2.41. The van der Waals surface area contributed by atoms with Crippen molar-refractivity contribution in [2.24, 2.45) is 0 Å². The van der Waals surface area contributed by atoms with Crippen molar-refractivity contribution >= 4 is 22.5 Å². The van der Waals surface area contributed by atoms with E-state index < -0.39 is 0 Å². The number of fused-ring (bicyclic) bond motifs is 1. The van der Waals surface area contributed by atoms with Crippen LogP contribution in [0.5, 0.6) is 0 Å². The Bertz CT molecular complexity index is 434. The van der Waals surface area contributed by atoms with Gasteiger partial charge in [-0.05, 0) is 43.8 Å². The summed E-state index contributed by atoms with van der Waals surface area (Å²) >= 11 is 6.15. The van der Waals surface area contributed by atoms with Gasteiger partial charge in [0.2, 0.25) is 0 Å². The van der Waals surface area contributed by atoms with Crippen molar-refractivity contribution in [1.82, 2.24) is 10.3 Å². The molecule has 14 heavy (non-hydrogen) atoms. The minimum Gasteiger partial charge on any atom is -0.361 e. The molecule has 2 aromatic rings. The molecule has 3 heteroatoms. The van der Waals surface area contributed by atoms with Gasteiger partial charge in [-0.1, -0.05) is 11.6 Å². The number of halogens is 1. The Hall–Kier alpha value is -0.990. The molecular formula is C11H13ClN2. The molecule has 1 aromatic carbocycles. The van der Waals surface area contributed by atoms with Crippen molar-refractivity contribution in [1.29, 1.82) is 0 Å². The highest BCUT2D eigenvalue weighted by Gasteiger charge is 2.05. The summed E-state index contributed by atoms with van der Waals surface area (Å²) < 4.78 is 0. The highest BCUT2D eigenvalue weighted by Crippen LogP contribution is 2.25. The number of aromatic amines is 1. The average molecular weight is 209 g/mol. The molecule has 2 N–H and O–H groups in total. The van der Waals surface area contributed by atoms with E-state index in [1.165, 1.54) is 10.9 Å². The van der Waals surface area contributed by atoms with Crippen LogP contribution in [0.3, 0.4) is 0 Å². The number of H-pyrrole nitrogens is 1. The van der Waals surface area contributed by atoms with Crippen LogP contribution < -0.4 is 5.32 Å². The second kappa shape index (κ2) is 4.03. The number of nitrogens with one attached hydrogen (secondary N) is 2. The summed E-state index contributed by atoms with van der Waals surface area (Å²) in [5.41, 5.74) is 2.38. The summed E-state index contributed by atoms with van der Waals surface area (Å²) in [6.07, 6.45) is 2.91. The fourth-order valence-electron chi connectivity index (χ4n) is 1.67. The van der Waals surface area contributed by atoms with Gasteiger partial charge in [-0.3, -0.25) is 0 Å². The SMILES string of the molecule is CNCCc1c(Cl)ccc2[nH]ccc12. The first-order valence-electron chi connectivity index (χ1n) is 4.72. The second-order valence-corrected chi connectivity index (χ2v) is 3.73. The van der Waals surface area contributed by atoms with E-state index >= 15 is 0 Å². The van der Waals surface area contributed by atoms with Gasteiger partial charge in [0.15, 0.2) is 0 Å². The Morgan fingerprint density at radius 3 is 3.00 bits per heavy atom. The van der Waals surface area contributed by atoms with Crippen molar-refractivity contribution in [2.75, 3.05) is 13.6 Å². The lowest BCUT2D eigenvalue weighted by Gasteiger charge is -2.05. The zero-order valence-electron chi connectivity index (χ0n) is 8.10. The molecule has 0 unspecified atom stereocenters. The smallest absolute Gasteiger partial charge is 0.0457 e. The zero-order chi connectivity index (χ0) is 9.97. The third-order valence-corrected chi connectivity index (χ3v) is 2.77. The van der Waals surface area contributed by atoms with E-state index in [9.17, 15) is 0 Å². The lowest BCUT2D eigenvalue weighted by molar-refractivity contribution is 0.795. The normalized spacial score (nSPS) is 11.0. The molecule has 1 aromatic heterocycles. The first kappa shape index (κ1) is 9.56. The van der Waals surface area contributed by atoms with Gasteiger partial charge in [0.05, 0.1) is 0 Å². The van der Waals surface area contributed by atoms with Crippen LogP contribution in [0.15, 0.2) is 24.4 Å². The Labute approximate surface area is 88.3 Å². The van der Waals surface area contributed by atoms with Crippen LogP contribution in [0.25, 0.3) is 10.9 Å². The third kappa shape index (κ3) is 1.63. The van der Waals surface area contributed by atoms with Crippen LogP contribution in [-0.2, 0) is 6.42 Å². The molecule has 1 heterocycles. The Morgan fingerprint density at radius 2 is 2.21 bits per heavy atom. The first-order chi connectivity index (χ1) is 6.83. The topological polar surface area (TPSA) is 27.8 Å². The van der Waals surface area contributed by atoms with E-state index in [1.54, 1.807) is 0 Å². The van der Waals surface area contributed by atoms with Crippen molar-refractivity contribution in [3.63, 3.8) is 0 Å². The van der Waals surface area contributed by atoms with Gasteiger partial charge >= 0.3 is 0 Å². The van der Waals surface area contributed by atoms with Crippen LogP contribution in [0.2, 0.25) is 5.02 Å². The summed E-state index contributed by atoms with van der Waals surface area (Å²) in [6, 6.07) is 6.04. The molecule has 0 saturated heterocycles. The number of aromatic nitrogens is 1. The summed E-state index contributed by atoms with van der Waals surface area (Å²) in [4.78, 5) is 3.18. The molecule has 0 aliphatic rings. The van der Waals surface area contributed by atoms with Gasteiger partial charge in [0.25, 0.3) is 0 Å². The molecule has 0 bridgehead atoms. The lowest BCUT2D eigenvalue weighted by Crippen LogP contribution is -2.10. The van der Waals surface area contributed by atoms with Crippen molar-refractivity contribution in [3.05, 3.63) is 35.0 Å². The molecule has 0 saturated carbocycles. The minimum absolute atomic E-state index is 0.854. The van der Waals surface area contributed by atoms with Crippen LogP contribution in [0, 0.1) is 0 Å². The molecule has 0 spiro atoms. The van der Waals surface area contributed by atoms with Crippen molar-refractivity contribution in [2.45, 2.75) is 6.42 Å². The van der Waals surface area contributed by atoms with Crippen LogP contribution in [0.4, 0.5) is 0 Å². The maximum atomic E-state index is 6.15. The average Bonchev–Trinajstić information content (AvgIpc) is 2.64. The van der Waals surface area contributed by atoms with E-state index in [0.29, 0.717) is 0 Å². The fraction of sp³-hybridized carbons (Fsp3) is 0.273. The summed E-state index contributed by atoms with van der Waals surface area (Å²) in [7, 11) is 1.95. The number of hydrogen-bond acceptors (Lipinski definition) is 1. The highest BCUT2D eigenvalue weighted by atomic mass is 35.5. The maximum Gasteiger partial charge on any atom is 0.0457 e. The molecule has 0 aliphatic carbocycles. The Kier molecular flexibility index (Phi) is 2.75. The van der Waals surface area contributed by atoms with E-state index in [0.717, 1.165) is 23.5 Å². The molecule has 2 nitrogen and oxygen atoms in total. The first-order valence-corrected chi connectivity index (χ1v) is 5.10. The summed E-state index contributed by atoms with van der Waals surface area (Å²) in [5.74, 6) is 0. The zero-order valence-corrected chi connectivity index (χ0v) is 8.86. The van der Waals surface area contributed by atoms with E-state index in [4.69, 9.17) is 11.6 Å². The molecule has 0 fully saturated rings. The monoisotopic (exact) mass is 208 g/mol. The van der Waals surface area contributed by atoms with Gasteiger partial charge < -0.3 is 10.3 Å². The molecule has 2 rings (SSSR count). The Balaban J connectivity index is 2.47. The van der Waals surface area contributed by atoms with Crippen LogP contribution in [0.1, 0.15) is 5.56 Å². The number of hydrogen-bond donors (Lipinski definition) is 2. The fourth-order valence-corrected chi connectivity index (χ4v) is 1.93. The highest BCUT2D eigenvalue weighted by molar-refractivity contribution is 6.32. The quantitative estimate of drug-likeness (QED) is 0.798. The second-order valence-electron chi connectivity index (χ2n) is 3.32. The molecule has 74 valence electrons. The summed E-state index contributed by atoms with van der Waals surface area (Å²) in [6.45, 7) is 0.948. The van der Waals surface area contributed by atoms with Crippen LogP contribution in [-0.4, -0.2) is 18.6 Å². The number of likely N-dealkylation sites (N-methyl/N-ethyl adjacent to an activating group) is 1. The van der Waals surface area contributed by atoms with E-state index in [1.807, 2.05) is 25.4 Å². The predicted molar refractivity (Wildman–Crippen MR) is 60.9 cm³/mol. The number of rotatable bonds is 3. The van der Waals surface area contributed by atoms with E-state index in [-0.39, 0.29) is 0 Å². The molecule has 0 atom stereocenters. The minimum atomic E-state index is 0.854. The van der Waals surface area contributed by atoms with Gasteiger partial charge in [-0.15, -0.1) is 0 Å². The van der Waals surface area contributed by atoms with Crippen molar-refractivity contribution < 1.29 is 0 Å². The molecular weight excluding hydrogens is 196 g/mol. The van der Waals surface area contributed by atoms with Gasteiger partial charge in [-0.2, -0.15) is 0 Å². The molecule has 0 aliphatic heterocycles. The Morgan fingerprint density at radius 1 is 1.36 bits per heavy atom. The van der Waals surface area contributed by atoms with E-state index in [2.05, 4.69) is 16.4 Å². The standard InChI is InChI=1S/C11H13ClN2/c1-13-6-4-8-9-5-7-14-11(9)3-2-10(8)12/h2-3,5,7,13-14H,4,6H2,1H3. The number of benzene rings is 1. The maximum absolute atomic E-state index is 6.15. The van der Waals surface area contributed by atoms with Gasteiger partial charge in [0, 0.05) is 22.1 Å². The van der Waals surface area contributed by atoms with Gasteiger partial charge in [-0.25, -0.2) is 0 Å². The molecule has 0 amide bonds. The lowest BCUT2D eigenvalue weighted by atomic mass is 10.1. The molecule has 0 radical (unpaired) electrons. The van der Waals surface area contributed by atoms with Gasteiger partial charge in [0.1, 0.15) is 0 Å².